The fourth-order valence-electron chi connectivity index (χ4n) is 9.82. The fraction of sp³-hybridized carbons (Fsp3) is 0.0179. The summed E-state index contributed by atoms with van der Waals surface area (Å²) in [6.45, 7) is 0. The maximum absolute atomic E-state index is 5.58. The van der Waals surface area contributed by atoms with E-state index in [1.54, 1.807) is 0 Å². The van der Waals surface area contributed by atoms with Gasteiger partial charge in [0.1, 0.15) is 0 Å². The van der Waals surface area contributed by atoms with Crippen LogP contribution in [0.5, 0.6) is 0 Å². The molecule has 0 amide bonds. The highest BCUT2D eigenvalue weighted by Crippen LogP contribution is 2.47. The van der Waals surface area contributed by atoms with Gasteiger partial charge in [0, 0.05) is 66.9 Å². The zero-order chi connectivity index (χ0) is 39.3. The van der Waals surface area contributed by atoms with Crippen molar-refractivity contribution in [2.24, 2.45) is 0 Å². The number of hydrogen-bond acceptors (Lipinski definition) is 3. The summed E-state index contributed by atoms with van der Waals surface area (Å²) in [5.74, 6) is 0. The number of benzene rings is 8. The molecular formula is C56H34N4. The average molecular weight is 763 g/mol. The third-order valence-corrected chi connectivity index (χ3v) is 12.6. The molecule has 4 heterocycles. The van der Waals surface area contributed by atoms with Crippen molar-refractivity contribution in [1.29, 1.82) is 0 Å². The van der Waals surface area contributed by atoms with E-state index in [1.807, 2.05) is 24.5 Å². The van der Waals surface area contributed by atoms with Gasteiger partial charge in [0.15, 0.2) is 0 Å². The Hall–Kier alpha value is -7.95. The molecule has 0 saturated carbocycles. The molecule has 0 radical (unpaired) electrons. The van der Waals surface area contributed by atoms with Crippen LogP contribution in [0.4, 0.5) is 0 Å². The molecule has 0 saturated heterocycles. The van der Waals surface area contributed by atoms with E-state index in [1.165, 1.54) is 65.9 Å². The first-order valence-electron chi connectivity index (χ1n) is 20.6. The van der Waals surface area contributed by atoms with Gasteiger partial charge in [0.05, 0.1) is 33.3 Å². The molecule has 0 fully saturated rings. The van der Waals surface area contributed by atoms with E-state index in [2.05, 4.69) is 179 Å². The Labute approximate surface area is 345 Å². The van der Waals surface area contributed by atoms with Crippen LogP contribution in [0.2, 0.25) is 0 Å². The van der Waals surface area contributed by atoms with E-state index >= 15 is 0 Å². The second-order valence-electron chi connectivity index (χ2n) is 16.0. The Bertz CT molecular complexity index is 3700. The Kier molecular flexibility index (Phi) is 7.04. The molecule has 0 N–H and O–H groups in total. The monoisotopic (exact) mass is 762 g/mol. The van der Waals surface area contributed by atoms with Crippen molar-refractivity contribution in [3.63, 3.8) is 0 Å². The topological polar surface area (TPSA) is 43.6 Å². The van der Waals surface area contributed by atoms with Gasteiger partial charge in [-0.3, -0.25) is 9.97 Å². The molecule has 0 unspecified atom stereocenters. The van der Waals surface area contributed by atoms with Crippen LogP contribution in [0.25, 0.3) is 116 Å². The molecule has 4 heteroatoms. The van der Waals surface area contributed by atoms with Crippen LogP contribution in [-0.4, -0.2) is 19.5 Å². The summed E-state index contributed by atoms with van der Waals surface area (Å²) in [4.78, 5) is 14.9. The zero-order valence-electron chi connectivity index (χ0n) is 32.5. The summed E-state index contributed by atoms with van der Waals surface area (Å²) in [5, 5.41) is 8.39. The first-order chi connectivity index (χ1) is 29.7. The van der Waals surface area contributed by atoms with Gasteiger partial charge in [-0.25, -0.2) is 4.98 Å². The van der Waals surface area contributed by atoms with Crippen molar-refractivity contribution in [3.8, 4) is 50.3 Å². The van der Waals surface area contributed by atoms with Crippen LogP contribution in [0.15, 0.2) is 194 Å². The Morgan fingerprint density at radius 2 is 1.08 bits per heavy atom. The van der Waals surface area contributed by atoms with E-state index in [9.17, 15) is 0 Å². The van der Waals surface area contributed by atoms with Crippen molar-refractivity contribution < 1.29 is 0 Å². The van der Waals surface area contributed by atoms with Gasteiger partial charge in [-0.15, -0.1) is 0 Å². The van der Waals surface area contributed by atoms with Crippen molar-refractivity contribution in [2.75, 3.05) is 0 Å². The zero-order valence-corrected chi connectivity index (χ0v) is 32.5. The largest absolute Gasteiger partial charge is 0.309 e. The predicted molar refractivity (Wildman–Crippen MR) is 249 cm³/mol. The molecule has 2 aliphatic rings. The SMILES string of the molecule is c1ccc(-c2nc3c(-c4ccc(-c5ccc(-c6cc7cccnc7c7ncccc67)cc5)cc4)cccc3c3c2ccc2c3c3cc4cc(c3n2-c2ccccc2)C4)cc1. The minimum absolute atomic E-state index is 0.929. The predicted octanol–water partition coefficient (Wildman–Crippen LogP) is 14.2. The van der Waals surface area contributed by atoms with Gasteiger partial charge in [-0.05, 0) is 87.8 Å². The van der Waals surface area contributed by atoms with Crippen LogP contribution in [-0.2, 0) is 6.42 Å². The highest BCUT2D eigenvalue weighted by atomic mass is 15.0. The highest BCUT2D eigenvalue weighted by molar-refractivity contribution is 6.31. The number of aromatic nitrogens is 4. The maximum atomic E-state index is 5.58. The van der Waals surface area contributed by atoms with Crippen LogP contribution in [0.1, 0.15) is 11.1 Å². The average Bonchev–Trinajstić information content (AvgIpc) is 3.66. The number of rotatable bonds is 5. The molecule has 2 aliphatic carbocycles. The molecule has 0 spiro atoms. The molecule has 60 heavy (non-hydrogen) atoms. The second-order valence-corrected chi connectivity index (χ2v) is 16.0. The molecule has 4 nitrogen and oxygen atoms in total. The molecular weight excluding hydrogens is 729 g/mol. The second kappa shape index (κ2) is 12.8. The first-order valence-corrected chi connectivity index (χ1v) is 20.6. The van der Waals surface area contributed by atoms with Gasteiger partial charge in [-0.2, -0.15) is 0 Å². The van der Waals surface area contributed by atoms with Crippen LogP contribution >= 0.6 is 0 Å². The third-order valence-electron chi connectivity index (χ3n) is 12.6. The van der Waals surface area contributed by atoms with E-state index < -0.39 is 0 Å². The number of para-hydroxylation sites is 2. The normalized spacial score (nSPS) is 12.3. The Morgan fingerprint density at radius 3 is 1.85 bits per heavy atom. The smallest absolute Gasteiger partial charge is 0.0970 e. The molecule has 14 rings (SSSR count). The van der Waals surface area contributed by atoms with Crippen molar-refractivity contribution in [1.82, 2.24) is 19.5 Å². The van der Waals surface area contributed by atoms with Crippen molar-refractivity contribution in [3.05, 3.63) is 206 Å². The molecule has 0 atom stereocenters. The summed E-state index contributed by atoms with van der Waals surface area (Å²) < 4.78 is 2.48. The van der Waals surface area contributed by atoms with Gasteiger partial charge in [-0.1, -0.05) is 140 Å². The highest BCUT2D eigenvalue weighted by Gasteiger charge is 2.25. The van der Waals surface area contributed by atoms with Crippen LogP contribution < -0.4 is 0 Å². The minimum Gasteiger partial charge on any atom is -0.309 e. The molecule has 4 aromatic heterocycles. The summed E-state index contributed by atoms with van der Waals surface area (Å²) in [5.41, 5.74) is 18.4. The van der Waals surface area contributed by atoms with Crippen LogP contribution in [0.3, 0.4) is 0 Å². The molecule has 0 aliphatic heterocycles. The molecule has 8 aromatic carbocycles. The van der Waals surface area contributed by atoms with E-state index in [-0.39, 0.29) is 0 Å². The number of hydrogen-bond donors (Lipinski definition) is 0. The number of nitrogens with zero attached hydrogens (tertiary/aromatic N) is 4. The lowest BCUT2D eigenvalue weighted by Gasteiger charge is -2.18. The standard InChI is InChI=1S/C56H34N4/c1-3-10-39(11-4-1)52-46-26-27-49-51(48-32-34-30-41(31-34)56(48)60(49)42-13-5-2-6-14-42)50(46)45-16-7-15-43(54(45)59-52)37-22-18-35(19-23-37)36-20-24-38(25-21-36)47-33-40-12-8-28-57-53(40)55-44(47)17-9-29-58-55/h1-30,32-33H,31H2. The number of fused-ring (bicyclic) bond motifs is 8. The van der Waals surface area contributed by atoms with E-state index in [0.717, 1.165) is 67.3 Å². The maximum Gasteiger partial charge on any atom is 0.0970 e. The molecule has 2 bridgehead atoms. The summed E-state index contributed by atoms with van der Waals surface area (Å²) in [6.07, 6.45) is 4.70. The van der Waals surface area contributed by atoms with Gasteiger partial charge < -0.3 is 4.57 Å². The van der Waals surface area contributed by atoms with Crippen LogP contribution in [0, 0.1) is 0 Å². The number of pyridine rings is 3. The summed E-state index contributed by atoms with van der Waals surface area (Å²) in [6, 6.07) is 65.9. The van der Waals surface area contributed by atoms with Gasteiger partial charge in [0.25, 0.3) is 0 Å². The van der Waals surface area contributed by atoms with Gasteiger partial charge >= 0.3 is 0 Å². The summed E-state index contributed by atoms with van der Waals surface area (Å²) >= 11 is 0. The fourth-order valence-corrected chi connectivity index (χ4v) is 9.82. The lowest BCUT2D eigenvalue weighted by Crippen LogP contribution is -2.04. The summed E-state index contributed by atoms with van der Waals surface area (Å²) in [7, 11) is 0. The lowest BCUT2D eigenvalue weighted by atomic mass is 9.88. The lowest BCUT2D eigenvalue weighted by molar-refractivity contribution is 1.08. The minimum atomic E-state index is 0.929. The van der Waals surface area contributed by atoms with Crippen molar-refractivity contribution >= 4 is 65.3 Å². The van der Waals surface area contributed by atoms with Gasteiger partial charge in [0.2, 0.25) is 0 Å². The molecule has 12 aromatic rings. The quantitative estimate of drug-likeness (QED) is 0.164. The Morgan fingerprint density at radius 1 is 0.417 bits per heavy atom. The van der Waals surface area contributed by atoms with E-state index in [0.29, 0.717) is 0 Å². The molecule has 278 valence electrons. The van der Waals surface area contributed by atoms with Crippen molar-refractivity contribution in [2.45, 2.75) is 6.42 Å². The third kappa shape index (κ3) is 4.88. The Balaban J connectivity index is 0.969. The first kappa shape index (κ1) is 33.1. The van der Waals surface area contributed by atoms with E-state index in [4.69, 9.17) is 9.97 Å².